The number of hydrogen-bond donors (Lipinski definition) is 2. The minimum Gasteiger partial charge on any atom is -0.390 e. The van der Waals surface area contributed by atoms with Crippen molar-refractivity contribution in [1.82, 2.24) is 9.88 Å². The minimum absolute atomic E-state index is 0. The maximum Gasteiger partial charge on any atom is 0.223 e. The second kappa shape index (κ2) is 8.20. The molecule has 1 aromatic carbocycles. The predicted molar refractivity (Wildman–Crippen MR) is 125 cm³/mol. The molecule has 1 saturated carbocycles. The quantitative estimate of drug-likeness (QED) is 0.545. The summed E-state index contributed by atoms with van der Waals surface area (Å²) in [4.78, 5) is 18.7. The van der Waals surface area contributed by atoms with Gasteiger partial charge >= 0.3 is 0 Å². The van der Waals surface area contributed by atoms with Crippen molar-refractivity contribution in [3.63, 3.8) is 0 Å². The highest BCUT2D eigenvalue weighted by molar-refractivity contribution is 7.08. The molecule has 1 amide bonds. The first-order valence-corrected chi connectivity index (χ1v) is 11.6. The molecule has 3 unspecified atom stereocenters. The van der Waals surface area contributed by atoms with E-state index in [0.717, 1.165) is 37.6 Å². The number of aliphatic hydroxyl groups is 1. The van der Waals surface area contributed by atoms with Crippen LogP contribution in [0.3, 0.4) is 0 Å². The second-order valence-electron chi connectivity index (χ2n) is 8.90. The molecule has 5 heteroatoms. The number of benzene rings is 1. The first-order valence-electron chi connectivity index (χ1n) is 10.7. The Morgan fingerprint density at radius 1 is 1.37 bits per heavy atom. The number of H-pyrrole nitrogens is 1. The molecule has 2 N–H and O–H groups in total. The van der Waals surface area contributed by atoms with Gasteiger partial charge in [-0.2, -0.15) is 11.3 Å². The number of aromatic nitrogens is 1. The molecule has 4 nitrogen and oxygen atoms in total. The van der Waals surface area contributed by atoms with E-state index < -0.39 is 5.60 Å². The summed E-state index contributed by atoms with van der Waals surface area (Å²) in [5, 5.41) is 16.2. The number of amides is 1. The van der Waals surface area contributed by atoms with Gasteiger partial charge in [-0.05, 0) is 77.6 Å². The molecule has 2 aliphatic rings. The molecule has 2 bridgehead atoms. The summed E-state index contributed by atoms with van der Waals surface area (Å²) in [6.07, 6.45) is 7.00. The second-order valence-corrected chi connectivity index (χ2v) is 9.68. The minimum atomic E-state index is -0.530. The number of nitrogens with one attached hydrogen (secondary N) is 1. The van der Waals surface area contributed by atoms with Gasteiger partial charge in [0.2, 0.25) is 5.91 Å². The lowest BCUT2D eigenvalue weighted by atomic mass is 9.76. The Kier molecular flexibility index (Phi) is 5.78. The van der Waals surface area contributed by atoms with Crippen LogP contribution in [0.5, 0.6) is 0 Å². The molecule has 2 aromatic heterocycles. The van der Waals surface area contributed by atoms with Crippen LogP contribution in [-0.4, -0.2) is 39.1 Å². The average Bonchev–Trinajstić information content (AvgIpc) is 3.37. The zero-order valence-electron chi connectivity index (χ0n) is 16.9. The highest BCUT2D eigenvalue weighted by Crippen LogP contribution is 2.40. The number of aromatic amines is 1. The number of thiophene rings is 1. The monoisotopic (exact) mass is 424 g/mol. The van der Waals surface area contributed by atoms with Crippen molar-refractivity contribution in [2.45, 2.75) is 70.4 Å². The Balaban J connectivity index is 0.00000218. The van der Waals surface area contributed by atoms with Crippen LogP contribution in [0.2, 0.25) is 0 Å². The van der Waals surface area contributed by atoms with Gasteiger partial charge in [-0.15, -0.1) is 0 Å². The normalized spacial score (nSPS) is 24.5. The summed E-state index contributed by atoms with van der Waals surface area (Å²) in [5.74, 6) is 0.370. The van der Waals surface area contributed by atoms with E-state index in [1.807, 2.05) is 0 Å². The summed E-state index contributed by atoms with van der Waals surface area (Å²) in [6, 6.07) is 8.74. The van der Waals surface area contributed by atoms with Gasteiger partial charge in [-0.1, -0.05) is 26.5 Å². The van der Waals surface area contributed by atoms with Crippen LogP contribution in [0.1, 0.15) is 64.4 Å². The van der Waals surface area contributed by atoms with Crippen molar-refractivity contribution >= 4 is 28.1 Å². The Hall–Kier alpha value is -2.11. The van der Waals surface area contributed by atoms with E-state index in [2.05, 4.69) is 58.0 Å². The largest absolute Gasteiger partial charge is 0.390 e. The molecule has 0 spiro atoms. The fourth-order valence-electron chi connectivity index (χ4n) is 5.39. The first kappa shape index (κ1) is 21.1. The molecular formula is C25H32N2O2S. The van der Waals surface area contributed by atoms with E-state index in [1.54, 1.807) is 11.3 Å². The lowest BCUT2D eigenvalue weighted by molar-refractivity contribution is -0.144. The van der Waals surface area contributed by atoms with Crippen molar-refractivity contribution in [1.29, 1.82) is 0 Å². The zero-order valence-corrected chi connectivity index (χ0v) is 17.7. The van der Waals surface area contributed by atoms with Crippen LogP contribution < -0.4 is 0 Å². The third-order valence-corrected chi connectivity index (χ3v) is 7.64. The molecule has 3 heterocycles. The molecule has 5 rings (SSSR count). The number of carbonyl (C=O) groups excluding carboxylic acids is 1. The standard InChI is InChI=1S/C24H28N2O2S.CH4/c1-16(12-22(27)26-10-9-24(28)8-3-4-18(26)13-24)20-14-25-21-6-2-5-19(23(20)21)17-7-11-29-15-17;/h2,5-7,11,14-16,18,25,28H,3-4,8-10,12-13H2,1H3;1H4. The average molecular weight is 425 g/mol. The van der Waals surface area contributed by atoms with Gasteiger partial charge < -0.3 is 15.0 Å². The van der Waals surface area contributed by atoms with Crippen molar-refractivity contribution in [3.05, 3.63) is 46.8 Å². The summed E-state index contributed by atoms with van der Waals surface area (Å²) < 4.78 is 0. The molecule has 160 valence electrons. The number of piperidine rings is 1. The van der Waals surface area contributed by atoms with Gasteiger partial charge in [-0.3, -0.25) is 4.79 Å². The van der Waals surface area contributed by atoms with Crippen LogP contribution in [0.25, 0.3) is 22.0 Å². The predicted octanol–water partition coefficient (Wildman–Crippen LogP) is 5.93. The lowest BCUT2D eigenvalue weighted by Crippen LogP contribution is -2.55. The van der Waals surface area contributed by atoms with Crippen LogP contribution in [0, 0.1) is 0 Å². The lowest BCUT2D eigenvalue weighted by Gasteiger charge is -2.48. The van der Waals surface area contributed by atoms with Gasteiger partial charge in [0.1, 0.15) is 0 Å². The third kappa shape index (κ3) is 3.69. The number of hydrogen-bond acceptors (Lipinski definition) is 3. The molecule has 1 aliphatic carbocycles. The Labute approximate surface area is 182 Å². The Bertz CT molecular complexity index is 1030. The Morgan fingerprint density at radius 3 is 3.03 bits per heavy atom. The summed E-state index contributed by atoms with van der Waals surface area (Å²) in [5.41, 5.74) is 4.27. The number of likely N-dealkylation sites (tertiary alicyclic amines) is 1. The van der Waals surface area contributed by atoms with E-state index in [-0.39, 0.29) is 25.3 Å². The van der Waals surface area contributed by atoms with Gasteiger partial charge in [0.15, 0.2) is 0 Å². The van der Waals surface area contributed by atoms with Crippen molar-refractivity contribution in [2.75, 3.05) is 6.54 Å². The summed E-state index contributed by atoms with van der Waals surface area (Å²) in [6.45, 7) is 2.85. The van der Waals surface area contributed by atoms with E-state index in [1.165, 1.54) is 22.1 Å². The maximum absolute atomic E-state index is 13.2. The van der Waals surface area contributed by atoms with Gasteiger partial charge in [-0.25, -0.2) is 0 Å². The zero-order chi connectivity index (χ0) is 20.0. The SMILES string of the molecule is C.CC(CC(=O)N1CCC2(O)CCCC1C2)c1c[nH]c2cccc(-c3ccsc3)c12. The molecule has 1 aliphatic heterocycles. The molecule has 30 heavy (non-hydrogen) atoms. The fourth-order valence-corrected chi connectivity index (χ4v) is 6.05. The highest BCUT2D eigenvalue weighted by Gasteiger charge is 2.42. The first-order chi connectivity index (χ1) is 14.0. The Morgan fingerprint density at radius 2 is 2.23 bits per heavy atom. The van der Waals surface area contributed by atoms with Crippen LogP contribution in [0.4, 0.5) is 0 Å². The molecular weight excluding hydrogens is 392 g/mol. The van der Waals surface area contributed by atoms with E-state index in [4.69, 9.17) is 0 Å². The molecule has 2 fully saturated rings. The maximum atomic E-state index is 13.2. The van der Waals surface area contributed by atoms with Crippen LogP contribution >= 0.6 is 11.3 Å². The number of fused-ring (bicyclic) bond motifs is 3. The van der Waals surface area contributed by atoms with Gasteiger partial charge in [0, 0.05) is 36.1 Å². The summed E-state index contributed by atoms with van der Waals surface area (Å²) >= 11 is 1.71. The van der Waals surface area contributed by atoms with Crippen molar-refractivity contribution in [2.24, 2.45) is 0 Å². The van der Waals surface area contributed by atoms with Crippen molar-refractivity contribution in [3.8, 4) is 11.1 Å². The number of nitrogens with zero attached hydrogens (tertiary/aromatic N) is 1. The van der Waals surface area contributed by atoms with Crippen molar-refractivity contribution < 1.29 is 9.90 Å². The highest BCUT2D eigenvalue weighted by atomic mass is 32.1. The molecule has 3 aromatic rings. The number of carbonyl (C=O) groups is 1. The molecule has 1 saturated heterocycles. The smallest absolute Gasteiger partial charge is 0.223 e. The molecule has 0 radical (unpaired) electrons. The fraction of sp³-hybridized carbons (Fsp3) is 0.480. The van der Waals surface area contributed by atoms with E-state index >= 15 is 0 Å². The van der Waals surface area contributed by atoms with E-state index in [0.29, 0.717) is 13.0 Å². The third-order valence-electron chi connectivity index (χ3n) is 6.95. The topological polar surface area (TPSA) is 56.3 Å². The number of rotatable bonds is 4. The van der Waals surface area contributed by atoms with Gasteiger partial charge in [0.25, 0.3) is 0 Å². The summed E-state index contributed by atoms with van der Waals surface area (Å²) in [7, 11) is 0. The van der Waals surface area contributed by atoms with Crippen LogP contribution in [-0.2, 0) is 4.79 Å². The van der Waals surface area contributed by atoms with Crippen LogP contribution in [0.15, 0.2) is 41.2 Å². The molecule has 3 atom stereocenters. The van der Waals surface area contributed by atoms with Gasteiger partial charge in [0.05, 0.1) is 5.60 Å². The van der Waals surface area contributed by atoms with E-state index in [9.17, 15) is 9.90 Å².